The maximum absolute atomic E-state index is 13.2. The fourth-order valence-corrected chi connectivity index (χ4v) is 4.94. The van der Waals surface area contributed by atoms with Crippen LogP contribution in [0.2, 0.25) is 0 Å². The summed E-state index contributed by atoms with van der Waals surface area (Å²) in [5.74, 6) is -0.0233. The average molecular weight is 386 g/mol. The minimum atomic E-state index is -0.0233. The second-order valence-corrected chi connectivity index (χ2v) is 8.29. The molecule has 1 saturated heterocycles. The Hall–Kier alpha value is -1.99. The number of carbonyl (C=O) groups is 1. The minimum Gasteiger partial charge on any atom is -0.379 e. The first-order chi connectivity index (χ1) is 13.5. The summed E-state index contributed by atoms with van der Waals surface area (Å²) in [7, 11) is 1.87. The van der Waals surface area contributed by atoms with Gasteiger partial charge < -0.3 is 10.1 Å². The zero-order chi connectivity index (χ0) is 19.7. The van der Waals surface area contributed by atoms with Crippen molar-refractivity contribution >= 4 is 16.9 Å². The molecule has 7 nitrogen and oxygen atoms in total. The summed E-state index contributed by atoms with van der Waals surface area (Å²) in [5.41, 5.74) is 3.18. The first-order valence-corrected chi connectivity index (χ1v) is 10.4. The highest BCUT2D eigenvalue weighted by atomic mass is 16.5. The SMILES string of the molecule is Cc1cc(C(=O)NCC2(N3CCOCC3)CCCCC2)c2c(C)nn(C)c2n1. The lowest BCUT2D eigenvalue weighted by atomic mass is 9.79. The van der Waals surface area contributed by atoms with Gasteiger partial charge in [0.2, 0.25) is 0 Å². The Balaban J connectivity index is 1.58. The van der Waals surface area contributed by atoms with Gasteiger partial charge in [0.05, 0.1) is 29.9 Å². The third-order valence-corrected chi connectivity index (χ3v) is 6.39. The van der Waals surface area contributed by atoms with Crippen LogP contribution in [0, 0.1) is 13.8 Å². The van der Waals surface area contributed by atoms with E-state index < -0.39 is 0 Å². The topological polar surface area (TPSA) is 72.3 Å². The number of morpholine rings is 1. The van der Waals surface area contributed by atoms with Crippen molar-refractivity contribution in [1.82, 2.24) is 25.0 Å². The molecule has 7 heteroatoms. The van der Waals surface area contributed by atoms with Crippen LogP contribution in [0.5, 0.6) is 0 Å². The molecular formula is C21H31N5O2. The summed E-state index contributed by atoms with van der Waals surface area (Å²) in [6.45, 7) is 8.03. The molecule has 4 rings (SSSR count). The second kappa shape index (κ2) is 7.79. The summed E-state index contributed by atoms with van der Waals surface area (Å²) in [5, 5.41) is 8.60. The monoisotopic (exact) mass is 385 g/mol. The van der Waals surface area contributed by atoms with Gasteiger partial charge in [-0.05, 0) is 32.8 Å². The molecule has 0 bridgehead atoms. The van der Waals surface area contributed by atoms with Gasteiger partial charge in [0.25, 0.3) is 5.91 Å². The molecule has 3 heterocycles. The molecule has 2 aromatic heterocycles. The predicted octanol–water partition coefficient (Wildman–Crippen LogP) is 2.35. The molecule has 1 aliphatic heterocycles. The number of nitrogens with zero attached hydrogens (tertiary/aromatic N) is 4. The van der Waals surface area contributed by atoms with Gasteiger partial charge in [-0.1, -0.05) is 19.3 Å². The smallest absolute Gasteiger partial charge is 0.252 e. The lowest BCUT2D eigenvalue weighted by molar-refractivity contribution is -0.0361. The lowest BCUT2D eigenvalue weighted by Crippen LogP contribution is -2.59. The van der Waals surface area contributed by atoms with E-state index in [1.807, 2.05) is 27.0 Å². The van der Waals surface area contributed by atoms with Gasteiger partial charge in [0.15, 0.2) is 5.65 Å². The molecular weight excluding hydrogens is 354 g/mol. The molecule has 1 saturated carbocycles. The van der Waals surface area contributed by atoms with Crippen molar-refractivity contribution in [3.05, 3.63) is 23.0 Å². The van der Waals surface area contributed by atoms with Crippen molar-refractivity contribution in [2.75, 3.05) is 32.8 Å². The molecule has 0 spiro atoms. The zero-order valence-electron chi connectivity index (χ0n) is 17.3. The Morgan fingerprint density at radius 3 is 2.64 bits per heavy atom. The number of hydrogen-bond donors (Lipinski definition) is 1. The maximum Gasteiger partial charge on any atom is 0.252 e. The van der Waals surface area contributed by atoms with Crippen LogP contribution in [0.15, 0.2) is 6.07 Å². The predicted molar refractivity (Wildman–Crippen MR) is 109 cm³/mol. The van der Waals surface area contributed by atoms with E-state index in [0.29, 0.717) is 12.1 Å². The average Bonchev–Trinajstić information content (AvgIpc) is 3.00. The molecule has 1 amide bonds. The van der Waals surface area contributed by atoms with Gasteiger partial charge in [0, 0.05) is 37.9 Å². The molecule has 0 aromatic carbocycles. The van der Waals surface area contributed by atoms with Crippen LogP contribution in [0.3, 0.4) is 0 Å². The first-order valence-electron chi connectivity index (χ1n) is 10.4. The maximum atomic E-state index is 13.2. The van der Waals surface area contributed by atoms with Gasteiger partial charge in [-0.25, -0.2) is 4.98 Å². The van der Waals surface area contributed by atoms with E-state index in [9.17, 15) is 4.79 Å². The largest absolute Gasteiger partial charge is 0.379 e. The number of nitrogens with one attached hydrogen (secondary N) is 1. The number of ether oxygens (including phenoxy) is 1. The quantitative estimate of drug-likeness (QED) is 0.875. The summed E-state index contributed by atoms with van der Waals surface area (Å²) in [6, 6.07) is 1.88. The van der Waals surface area contributed by atoms with Crippen molar-refractivity contribution in [3.63, 3.8) is 0 Å². The van der Waals surface area contributed by atoms with Crippen molar-refractivity contribution in [3.8, 4) is 0 Å². The Morgan fingerprint density at radius 1 is 1.21 bits per heavy atom. The van der Waals surface area contributed by atoms with E-state index in [0.717, 1.165) is 61.6 Å². The Labute approximate surface area is 166 Å². The molecule has 0 unspecified atom stereocenters. The summed E-state index contributed by atoms with van der Waals surface area (Å²) < 4.78 is 7.32. The highest BCUT2D eigenvalue weighted by Gasteiger charge is 2.39. The highest BCUT2D eigenvalue weighted by molar-refractivity contribution is 6.06. The van der Waals surface area contributed by atoms with Crippen LogP contribution in [0.4, 0.5) is 0 Å². The molecule has 28 heavy (non-hydrogen) atoms. The van der Waals surface area contributed by atoms with Crippen LogP contribution in [0.1, 0.15) is 53.8 Å². The molecule has 1 N–H and O–H groups in total. The number of aromatic nitrogens is 3. The molecule has 2 aliphatic rings. The summed E-state index contributed by atoms with van der Waals surface area (Å²) in [6.07, 6.45) is 6.04. The molecule has 0 radical (unpaired) electrons. The molecule has 152 valence electrons. The van der Waals surface area contributed by atoms with Crippen molar-refractivity contribution in [1.29, 1.82) is 0 Å². The van der Waals surface area contributed by atoms with E-state index >= 15 is 0 Å². The van der Waals surface area contributed by atoms with Crippen LogP contribution >= 0.6 is 0 Å². The van der Waals surface area contributed by atoms with E-state index in [-0.39, 0.29) is 11.4 Å². The number of carbonyl (C=O) groups excluding carboxylic acids is 1. The van der Waals surface area contributed by atoms with Gasteiger partial charge in [-0.2, -0.15) is 5.10 Å². The van der Waals surface area contributed by atoms with E-state index in [4.69, 9.17) is 4.74 Å². The zero-order valence-corrected chi connectivity index (χ0v) is 17.3. The third kappa shape index (κ3) is 3.53. The first kappa shape index (κ1) is 19.3. The van der Waals surface area contributed by atoms with Gasteiger partial charge in [0.1, 0.15) is 0 Å². The highest BCUT2D eigenvalue weighted by Crippen LogP contribution is 2.34. The van der Waals surface area contributed by atoms with Crippen LogP contribution in [0.25, 0.3) is 11.0 Å². The normalized spacial score (nSPS) is 20.4. The number of aryl methyl sites for hydroxylation is 3. The Morgan fingerprint density at radius 2 is 1.93 bits per heavy atom. The summed E-state index contributed by atoms with van der Waals surface area (Å²) in [4.78, 5) is 20.3. The fraction of sp³-hybridized carbons (Fsp3) is 0.667. The fourth-order valence-electron chi connectivity index (χ4n) is 4.94. The Kier molecular flexibility index (Phi) is 5.38. The number of pyridine rings is 1. The van der Waals surface area contributed by atoms with E-state index in [1.54, 1.807) is 4.68 Å². The van der Waals surface area contributed by atoms with Crippen LogP contribution < -0.4 is 5.32 Å². The van der Waals surface area contributed by atoms with E-state index in [1.165, 1.54) is 19.3 Å². The number of hydrogen-bond acceptors (Lipinski definition) is 5. The van der Waals surface area contributed by atoms with Crippen molar-refractivity contribution < 1.29 is 9.53 Å². The Bertz CT molecular complexity index is 863. The van der Waals surface area contributed by atoms with Crippen LogP contribution in [-0.2, 0) is 11.8 Å². The molecule has 2 aromatic rings. The number of fused-ring (bicyclic) bond motifs is 1. The lowest BCUT2D eigenvalue weighted by Gasteiger charge is -2.48. The minimum absolute atomic E-state index is 0.0233. The van der Waals surface area contributed by atoms with Crippen LogP contribution in [-0.4, -0.2) is 64.0 Å². The molecule has 1 aliphatic carbocycles. The third-order valence-electron chi connectivity index (χ3n) is 6.39. The van der Waals surface area contributed by atoms with Gasteiger partial charge in [-0.15, -0.1) is 0 Å². The standard InChI is InChI=1S/C21H31N5O2/c1-15-13-17(18-16(2)24-25(3)19(18)23-15)20(27)22-14-21(7-5-4-6-8-21)26-9-11-28-12-10-26/h13H,4-12,14H2,1-3H3,(H,22,27). The van der Waals surface area contributed by atoms with E-state index in [2.05, 4.69) is 20.3 Å². The summed E-state index contributed by atoms with van der Waals surface area (Å²) >= 11 is 0. The van der Waals surface area contributed by atoms with Crippen molar-refractivity contribution in [2.24, 2.45) is 7.05 Å². The van der Waals surface area contributed by atoms with Crippen molar-refractivity contribution in [2.45, 2.75) is 51.5 Å². The number of rotatable bonds is 4. The molecule has 2 fully saturated rings. The van der Waals surface area contributed by atoms with Gasteiger partial charge in [-0.3, -0.25) is 14.4 Å². The second-order valence-electron chi connectivity index (χ2n) is 8.29. The number of amides is 1. The van der Waals surface area contributed by atoms with Gasteiger partial charge >= 0.3 is 0 Å². The molecule has 0 atom stereocenters.